The lowest BCUT2D eigenvalue weighted by Gasteiger charge is -2.11. The number of nitrogens with one attached hydrogen (secondary N) is 1. The van der Waals surface area contributed by atoms with Crippen LogP contribution in [0.1, 0.15) is 5.56 Å². The molecule has 0 atom stereocenters. The van der Waals surface area contributed by atoms with E-state index in [0.717, 1.165) is 4.47 Å². The van der Waals surface area contributed by atoms with Crippen LogP contribution in [0.3, 0.4) is 0 Å². The van der Waals surface area contributed by atoms with Crippen LogP contribution in [0.5, 0.6) is 11.5 Å². The molecule has 0 aliphatic heterocycles. The Bertz CT molecular complexity index is 601. The van der Waals surface area contributed by atoms with Gasteiger partial charge in [0.2, 0.25) is 0 Å². The standard InChI is InChI=1S/C13H10BrClN2O/c14-8-5-6-12(10(15)7-8)18-11-4-2-1-3-9(11)13(16)17/h1-7H,(H3,16,17). The Kier molecular flexibility index (Phi) is 3.89. The van der Waals surface area contributed by atoms with Crippen molar-refractivity contribution in [2.45, 2.75) is 0 Å². The van der Waals surface area contributed by atoms with Crippen LogP contribution >= 0.6 is 27.5 Å². The van der Waals surface area contributed by atoms with Gasteiger partial charge in [0.25, 0.3) is 0 Å². The lowest BCUT2D eigenvalue weighted by atomic mass is 10.2. The minimum absolute atomic E-state index is 0.0427. The van der Waals surface area contributed by atoms with Crippen molar-refractivity contribution in [2.75, 3.05) is 0 Å². The second-order valence-electron chi connectivity index (χ2n) is 3.59. The van der Waals surface area contributed by atoms with Crippen molar-refractivity contribution < 1.29 is 4.74 Å². The Hall–Kier alpha value is -1.52. The quantitative estimate of drug-likeness (QED) is 0.657. The van der Waals surface area contributed by atoms with Crippen LogP contribution in [-0.2, 0) is 0 Å². The summed E-state index contributed by atoms with van der Waals surface area (Å²) >= 11 is 9.40. The highest BCUT2D eigenvalue weighted by atomic mass is 79.9. The van der Waals surface area contributed by atoms with Gasteiger partial charge in [0.1, 0.15) is 17.3 Å². The van der Waals surface area contributed by atoms with Gasteiger partial charge in [-0.3, -0.25) is 5.41 Å². The SMILES string of the molecule is N=C(N)c1ccccc1Oc1ccc(Br)cc1Cl. The van der Waals surface area contributed by atoms with Gasteiger partial charge in [-0.05, 0) is 30.3 Å². The molecule has 5 heteroatoms. The maximum absolute atomic E-state index is 7.49. The normalized spacial score (nSPS) is 10.1. The molecule has 0 heterocycles. The maximum Gasteiger partial charge on any atom is 0.146 e. The summed E-state index contributed by atoms with van der Waals surface area (Å²) in [6, 6.07) is 12.4. The molecule has 0 saturated carbocycles. The molecule has 0 aromatic heterocycles. The van der Waals surface area contributed by atoms with Gasteiger partial charge < -0.3 is 10.5 Å². The smallest absolute Gasteiger partial charge is 0.146 e. The van der Waals surface area contributed by atoms with E-state index in [2.05, 4.69) is 15.9 Å². The molecule has 0 saturated heterocycles. The van der Waals surface area contributed by atoms with Gasteiger partial charge in [-0.25, -0.2) is 0 Å². The molecular weight excluding hydrogens is 316 g/mol. The van der Waals surface area contributed by atoms with Crippen molar-refractivity contribution in [3.8, 4) is 11.5 Å². The number of nitrogens with two attached hydrogens (primary N) is 1. The molecule has 92 valence electrons. The Morgan fingerprint density at radius 3 is 2.56 bits per heavy atom. The van der Waals surface area contributed by atoms with Crippen LogP contribution in [0.15, 0.2) is 46.9 Å². The number of amidine groups is 1. The molecule has 0 fully saturated rings. The van der Waals surface area contributed by atoms with Gasteiger partial charge in [0, 0.05) is 4.47 Å². The summed E-state index contributed by atoms with van der Waals surface area (Å²) in [5.41, 5.74) is 6.03. The predicted octanol–water partition coefficient (Wildman–Crippen LogP) is 4.18. The van der Waals surface area contributed by atoms with Gasteiger partial charge in [-0.2, -0.15) is 0 Å². The van der Waals surface area contributed by atoms with E-state index in [4.69, 9.17) is 27.5 Å². The van der Waals surface area contributed by atoms with E-state index in [1.54, 1.807) is 30.3 Å². The van der Waals surface area contributed by atoms with Gasteiger partial charge >= 0.3 is 0 Å². The molecule has 3 nitrogen and oxygen atoms in total. The second kappa shape index (κ2) is 5.42. The highest BCUT2D eigenvalue weighted by Crippen LogP contribution is 2.32. The Morgan fingerprint density at radius 2 is 1.89 bits per heavy atom. The number of halogens is 2. The molecule has 0 aliphatic carbocycles. The molecule has 0 bridgehead atoms. The van der Waals surface area contributed by atoms with E-state index in [1.165, 1.54) is 0 Å². The predicted molar refractivity (Wildman–Crippen MR) is 76.7 cm³/mol. The van der Waals surface area contributed by atoms with E-state index < -0.39 is 0 Å². The number of rotatable bonds is 3. The van der Waals surface area contributed by atoms with Crippen molar-refractivity contribution in [2.24, 2.45) is 5.73 Å². The monoisotopic (exact) mass is 324 g/mol. The minimum Gasteiger partial charge on any atom is -0.455 e. The van der Waals surface area contributed by atoms with Crippen LogP contribution in [-0.4, -0.2) is 5.84 Å². The molecule has 2 aromatic rings. The molecule has 0 unspecified atom stereocenters. The fourth-order valence-electron chi connectivity index (χ4n) is 1.45. The lowest BCUT2D eigenvalue weighted by Crippen LogP contribution is -2.12. The topological polar surface area (TPSA) is 59.1 Å². The Morgan fingerprint density at radius 1 is 1.17 bits per heavy atom. The zero-order valence-corrected chi connectivity index (χ0v) is 11.6. The average Bonchev–Trinajstić information content (AvgIpc) is 2.33. The van der Waals surface area contributed by atoms with Crippen LogP contribution in [0.25, 0.3) is 0 Å². The van der Waals surface area contributed by atoms with Crippen LogP contribution < -0.4 is 10.5 Å². The Balaban J connectivity index is 2.37. The second-order valence-corrected chi connectivity index (χ2v) is 4.91. The van der Waals surface area contributed by atoms with Crippen molar-refractivity contribution in [1.29, 1.82) is 5.41 Å². The molecule has 0 radical (unpaired) electrons. The summed E-state index contributed by atoms with van der Waals surface area (Å²) < 4.78 is 6.56. The third-order valence-electron chi connectivity index (χ3n) is 2.29. The fourth-order valence-corrected chi connectivity index (χ4v) is 2.17. The summed E-state index contributed by atoms with van der Waals surface area (Å²) in [6.07, 6.45) is 0. The Labute approximate surface area is 118 Å². The molecule has 2 rings (SSSR count). The number of benzene rings is 2. The molecule has 0 aliphatic rings. The molecule has 3 N–H and O–H groups in total. The van der Waals surface area contributed by atoms with Crippen molar-refractivity contribution >= 4 is 33.4 Å². The molecular formula is C13H10BrClN2O. The number of nitrogen functional groups attached to an aromatic ring is 1. The first-order chi connectivity index (χ1) is 8.58. The third-order valence-corrected chi connectivity index (χ3v) is 3.08. The van der Waals surface area contributed by atoms with Gasteiger partial charge in [0.15, 0.2) is 0 Å². The summed E-state index contributed by atoms with van der Waals surface area (Å²) in [6.45, 7) is 0. The third kappa shape index (κ3) is 2.83. The first kappa shape index (κ1) is 12.9. The molecule has 18 heavy (non-hydrogen) atoms. The summed E-state index contributed by atoms with van der Waals surface area (Å²) in [4.78, 5) is 0. The summed E-state index contributed by atoms with van der Waals surface area (Å²) in [5.74, 6) is 0.988. The van der Waals surface area contributed by atoms with Crippen LogP contribution in [0.2, 0.25) is 5.02 Å². The van der Waals surface area contributed by atoms with Crippen LogP contribution in [0, 0.1) is 5.41 Å². The number of hydrogen-bond donors (Lipinski definition) is 2. The number of ether oxygens (including phenoxy) is 1. The number of hydrogen-bond acceptors (Lipinski definition) is 2. The maximum atomic E-state index is 7.49. The first-order valence-electron chi connectivity index (χ1n) is 5.14. The van der Waals surface area contributed by atoms with E-state index in [1.807, 2.05) is 12.1 Å². The fraction of sp³-hybridized carbons (Fsp3) is 0. The largest absolute Gasteiger partial charge is 0.455 e. The lowest BCUT2D eigenvalue weighted by molar-refractivity contribution is 0.481. The summed E-state index contributed by atoms with van der Waals surface area (Å²) in [7, 11) is 0. The molecule has 2 aromatic carbocycles. The minimum atomic E-state index is -0.0427. The van der Waals surface area contributed by atoms with Crippen molar-refractivity contribution in [3.05, 3.63) is 57.5 Å². The zero-order chi connectivity index (χ0) is 13.1. The highest BCUT2D eigenvalue weighted by molar-refractivity contribution is 9.10. The van der Waals surface area contributed by atoms with Gasteiger partial charge in [-0.1, -0.05) is 39.7 Å². The average molecular weight is 326 g/mol. The first-order valence-corrected chi connectivity index (χ1v) is 6.31. The van der Waals surface area contributed by atoms with Crippen molar-refractivity contribution in [1.82, 2.24) is 0 Å². The molecule has 0 spiro atoms. The zero-order valence-electron chi connectivity index (χ0n) is 9.28. The van der Waals surface area contributed by atoms with Crippen LogP contribution in [0.4, 0.5) is 0 Å². The van der Waals surface area contributed by atoms with E-state index in [0.29, 0.717) is 22.1 Å². The number of para-hydroxylation sites is 1. The van der Waals surface area contributed by atoms with E-state index >= 15 is 0 Å². The molecule has 0 amide bonds. The van der Waals surface area contributed by atoms with E-state index in [-0.39, 0.29) is 5.84 Å². The van der Waals surface area contributed by atoms with Gasteiger partial charge in [-0.15, -0.1) is 0 Å². The van der Waals surface area contributed by atoms with Gasteiger partial charge in [0.05, 0.1) is 10.6 Å². The van der Waals surface area contributed by atoms with Crippen molar-refractivity contribution in [3.63, 3.8) is 0 Å². The van der Waals surface area contributed by atoms with E-state index in [9.17, 15) is 0 Å². The summed E-state index contributed by atoms with van der Waals surface area (Å²) in [5, 5.41) is 7.98. The highest BCUT2D eigenvalue weighted by Gasteiger charge is 2.09.